The Kier molecular flexibility index (Phi) is 5.66. The number of hydrogen-bond acceptors (Lipinski definition) is 3. The second-order valence-electron chi connectivity index (χ2n) is 5.41. The summed E-state index contributed by atoms with van der Waals surface area (Å²) in [6.07, 6.45) is 0.777. The van der Waals surface area contributed by atoms with Gasteiger partial charge in [0.1, 0.15) is 4.90 Å². The summed E-state index contributed by atoms with van der Waals surface area (Å²) in [4.78, 5) is 10.7. The van der Waals surface area contributed by atoms with Gasteiger partial charge in [0.15, 0.2) is 0 Å². The molecule has 21 heavy (non-hydrogen) atoms. The topological polar surface area (TPSA) is 83.5 Å². The van der Waals surface area contributed by atoms with E-state index in [2.05, 4.69) is 4.72 Å². The summed E-state index contributed by atoms with van der Waals surface area (Å²) in [6, 6.07) is 2.25. The average Bonchev–Trinajstić information content (AvgIpc) is 2.38. The maximum atomic E-state index is 12.3. The Hall–Kier alpha value is -0.820. The monoisotopic (exact) mass is 353 g/mol. The Morgan fingerprint density at radius 2 is 1.90 bits per heavy atom. The SMILES string of the molecule is CCC(C)(C)CNS(=O)(=O)c1cc(Cl)cc(C(=O)O)c1Cl. The fraction of sp³-hybridized carbons (Fsp3) is 0.462. The number of benzene rings is 1. The lowest BCUT2D eigenvalue weighted by Gasteiger charge is -2.23. The zero-order valence-corrected chi connectivity index (χ0v) is 14.2. The van der Waals surface area contributed by atoms with Crippen molar-refractivity contribution >= 4 is 39.2 Å². The number of halogens is 2. The molecule has 0 bridgehead atoms. The van der Waals surface area contributed by atoms with Crippen molar-refractivity contribution in [2.75, 3.05) is 6.54 Å². The maximum Gasteiger partial charge on any atom is 0.337 e. The van der Waals surface area contributed by atoms with E-state index in [4.69, 9.17) is 28.3 Å². The Balaban J connectivity index is 3.23. The molecule has 1 aromatic carbocycles. The van der Waals surface area contributed by atoms with Crippen LogP contribution in [0.5, 0.6) is 0 Å². The minimum Gasteiger partial charge on any atom is -0.478 e. The van der Waals surface area contributed by atoms with Crippen LogP contribution in [-0.2, 0) is 10.0 Å². The standard InChI is InChI=1S/C13H17Cl2NO4S/c1-4-13(2,3)7-16-21(19,20)10-6-8(14)5-9(11(10)15)12(17)18/h5-6,16H,4,7H2,1-3H3,(H,17,18). The van der Waals surface area contributed by atoms with Crippen LogP contribution >= 0.6 is 23.2 Å². The van der Waals surface area contributed by atoms with Crippen molar-refractivity contribution in [2.45, 2.75) is 32.1 Å². The van der Waals surface area contributed by atoms with Crippen LogP contribution in [0.4, 0.5) is 0 Å². The van der Waals surface area contributed by atoms with Crippen LogP contribution in [0.2, 0.25) is 10.0 Å². The lowest BCUT2D eigenvalue weighted by Crippen LogP contribution is -2.33. The number of sulfonamides is 1. The zero-order valence-electron chi connectivity index (χ0n) is 11.9. The Labute approximate surface area is 134 Å². The van der Waals surface area contributed by atoms with E-state index in [0.29, 0.717) is 0 Å². The minimum absolute atomic E-state index is 0.00748. The molecule has 0 aliphatic carbocycles. The van der Waals surface area contributed by atoms with E-state index in [1.807, 2.05) is 20.8 Å². The molecule has 0 unspecified atom stereocenters. The number of aromatic carboxylic acids is 1. The highest BCUT2D eigenvalue weighted by atomic mass is 35.5. The van der Waals surface area contributed by atoms with Gasteiger partial charge in [0.05, 0.1) is 10.6 Å². The van der Waals surface area contributed by atoms with Gasteiger partial charge in [-0.2, -0.15) is 0 Å². The molecule has 118 valence electrons. The van der Waals surface area contributed by atoms with Crippen LogP contribution in [0.3, 0.4) is 0 Å². The number of nitrogens with one attached hydrogen (secondary N) is 1. The third-order valence-corrected chi connectivity index (χ3v) is 5.38. The average molecular weight is 354 g/mol. The Morgan fingerprint density at radius 1 is 1.33 bits per heavy atom. The van der Waals surface area contributed by atoms with Gasteiger partial charge in [0, 0.05) is 11.6 Å². The lowest BCUT2D eigenvalue weighted by atomic mass is 9.91. The smallest absolute Gasteiger partial charge is 0.337 e. The molecule has 1 aromatic rings. The van der Waals surface area contributed by atoms with Gasteiger partial charge in [0.25, 0.3) is 0 Å². The number of carbonyl (C=O) groups is 1. The van der Waals surface area contributed by atoms with E-state index in [9.17, 15) is 13.2 Å². The Bertz CT molecular complexity index is 656. The van der Waals surface area contributed by atoms with Crippen LogP contribution in [-0.4, -0.2) is 26.0 Å². The summed E-state index contributed by atoms with van der Waals surface area (Å²) >= 11 is 11.7. The molecule has 0 aromatic heterocycles. The van der Waals surface area contributed by atoms with Crippen molar-refractivity contribution < 1.29 is 18.3 Å². The highest BCUT2D eigenvalue weighted by Gasteiger charge is 2.26. The first kappa shape index (κ1) is 18.2. The fourth-order valence-electron chi connectivity index (χ4n) is 1.41. The summed E-state index contributed by atoms with van der Waals surface area (Å²) in [5, 5.41) is 8.66. The maximum absolute atomic E-state index is 12.3. The molecule has 1 rings (SSSR count). The summed E-state index contributed by atoms with van der Waals surface area (Å²) in [5.74, 6) is -1.34. The molecule has 0 heterocycles. The summed E-state index contributed by atoms with van der Waals surface area (Å²) in [7, 11) is -3.94. The molecule has 0 saturated heterocycles. The van der Waals surface area contributed by atoms with Gasteiger partial charge in [-0.05, 0) is 24.0 Å². The quantitative estimate of drug-likeness (QED) is 0.820. The molecular weight excluding hydrogens is 337 g/mol. The number of rotatable bonds is 6. The lowest BCUT2D eigenvalue weighted by molar-refractivity contribution is 0.0697. The first-order valence-corrected chi connectivity index (χ1v) is 8.46. The van der Waals surface area contributed by atoms with Gasteiger partial charge in [-0.3, -0.25) is 0 Å². The molecule has 0 fully saturated rings. The molecule has 0 atom stereocenters. The van der Waals surface area contributed by atoms with Gasteiger partial charge in [-0.15, -0.1) is 0 Å². The summed E-state index contributed by atoms with van der Waals surface area (Å²) in [5.41, 5.74) is -0.576. The zero-order chi connectivity index (χ0) is 16.4. The van der Waals surface area contributed by atoms with Crippen LogP contribution in [0.1, 0.15) is 37.6 Å². The minimum atomic E-state index is -3.94. The third kappa shape index (κ3) is 4.57. The van der Waals surface area contributed by atoms with Gasteiger partial charge in [-0.1, -0.05) is 44.0 Å². The molecule has 2 N–H and O–H groups in total. The molecular formula is C13H17Cl2NO4S. The van der Waals surface area contributed by atoms with E-state index < -0.39 is 16.0 Å². The van der Waals surface area contributed by atoms with E-state index in [1.165, 1.54) is 0 Å². The molecule has 0 spiro atoms. The van der Waals surface area contributed by atoms with Gasteiger partial charge < -0.3 is 5.11 Å². The van der Waals surface area contributed by atoms with Crippen molar-refractivity contribution in [3.8, 4) is 0 Å². The molecule has 8 heteroatoms. The predicted molar refractivity (Wildman–Crippen MR) is 82.7 cm³/mol. The van der Waals surface area contributed by atoms with E-state index in [-0.39, 0.29) is 32.5 Å². The van der Waals surface area contributed by atoms with E-state index >= 15 is 0 Å². The molecule has 5 nitrogen and oxygen atoms in total. The third-order valence-electron chi connectivity index (χ3n) is 3.22. The van der Waals surface area contributed by atoms with Crippen molar-refractivity contribution in [1.29, 1.82) is 0 Å². The van der Waals surface area contributed by atoms with Crippen LogP contribution in [0.15, 0.2) is 17.0 Å². The van der Waals surface area contributed by atoms with Crippen LogP contribution in [0, 0.1) is 5.41 Å². The summed E-state index contributed by atoms with van der Waals surface area (Å²) in [6.45, 7) is 5.98. The van der Waals surface area contributed by atoms with E-state index in [0.717, 1.165) is 18.6 Å². The largest absolute Gasteiger partial charge is 0.478 e. The molecule has 0 aliphatic heterocycles. The first-order chi connectivity index (χ1) is 9.50. The van der Waals surface area contributed by atoms with Crippen LogP contribution < -0.4 is 4.72 Å². The number of carboxylic acids is 1. The normalized spacial score (nSPS) is 12.4. The molecule has 0 saturated carbocycles. The van der Waals surface area contributed by atoms with E-state index in [1.54, 1.807) is 0 Å². The van der Waals surface area contributed by atoms with Crippen molar-refractivity contribution in [2.24, 2.45) is 5.41 Å². The second-order valence-corrected chi connectivity index (χ2v) is 7.96. The van der Waals surface area contributed by atoms with Crippen molar-refractivity contribution in [1.82, 2.24) is 4.72 Å². The van der Waals surface area contributed by atoms with Crippen molar-refractivity contribution in [3.05, 3.63) is 27.7 Å². The Morgan fingerprint density at radius 3 is 2.38 bits per heavy atom. The fourth-order valence-corrected chi connectivity index (χ4v) is 3.55. The molecule has 0 radical (unpaired) electrons. The number of hydrogen-bond donors (Lipinski definition) is 2. The highest BCUT2D eigenvalue weighted by Crippen LogP contribution is 2.30. The van der Waals surface area contributed by atoms with Gasteiger partial charge in [0.2, 0.25) is 10.0 Å². The predicted octanol–water partition coefficient (Wildman–Crippen LogP) is 3.41. The number of carboxylic acid groups (broad SMARTS) is 1. The molecule has 0 amide bonds. The first-order valence-electron chi connectivity index (χ1n) is 6.22. The highest BCUT2D eigenvalue weighted by molar-refractivity contribution is 7.89. The van der Waals surface area contributed by atoms with Crippen LogP contribution in [0.25, 0.3) is 0 Å². The second kappa shape index (κ2) is 6.52. The van der Waals surface area contributed by atoms with Crippen molar-refractivity contribution in [3.63, 3.8) is 0 Å². The van der Waals surface area contributed by atoms with Gasteiger partial charge in [-0.25, -0.2) is 17.9 Å². The molecule has 0 aliphatic rings. The van der Waals surface area contributed by atoms with Gasteiger partial charge >= 0.3 is 5.97 Å². The summed E-state index contributed by atoms with van der Waals surface area (Å²) < 4.78 is 27.0.